The molecule has 4 heterocycles. The number of carbonyl (C=O) groups excluding carboxylic acids is 1. The number of urea groups is 1. The van der Waals surface area contributed by atoms with Crippen molar-refractivity contribution in [3.05, 3.63) is 91.7 Å². The van der Waals surface area contributed by atoms with Gasteiger partial charge < -0.3 is 14.8 Å². The second kappa shape index (κ2) is 8.19. The molecule has 0 fully saturated rings. The van der Waals surface area contributed by atoms with Crippen molar-refractivity contribution in [1.82, 2.24) is 9.47 Å². The Morgan fingerprint density at radius 1 is 1.03 bits per heavy atom. The molecular weight excluding hydrogens is 446 g/mol. The molecule has 1 aliphatic carbocycles. The molecule has 0 saturated heterocycles. The molecule has 6 rings (SSSR count). The smallest absolute Gasteiger partial charge is 0.310 e. The summed E-state index contributed by atoms with van der Waals surface area (Å²) in [5.41, 5.74) is 7.14. The second-order valence-corrected chi connectivity index (χ2v) is 11.2. The van der Waals surface area contributed by atoms with Gasteiger partial charge in [-0.1, -0.05) is 12.1 Å². The molecule has 0 radical (unpaired) electrons. The highest BCUT2D eigenvalue weighted by atomic mass is 32.1. The van der Waals surface area contributed by atoms with Gasteiger partial charge in [0.05, 0.1) is 12.2 Å². The number of carbonyl (C=O) groups is 1. The fourth-order valence-electron chi connectivity index (χ4n) is 5.38. The first-order chi connectivity index (χ1) is 16.1. The SMILES string of the molecule is Cc1cc(C)cc(NC(=O)N2Cc3c(sc4c3CCCC4)-n3cccc3C2c2cccs2)c1. The summed E-state index contributed by atoms with van der Waals surface area (Å²) >= 11 is 3.64. The molecule has 1 N–H and O–H groups in total. The number of amides is 2. The minimum absolute atomic E-state index is 0.0465. The van der Waals surface area contributed by atoms with E-state index in [1.54, 1.807) is 11.3 Å². The van der Waals surface area contributed by atoms with Crippen LogP contribution in [0.3, 0.4) is 0 Å². The summed E-state index contributed by atoms with van der Waals surface area (Å²) in [6.45, 7) is 4.77. The van der Waals surface area contributed by atoms with Gasteiger partial charge in [0, 0.05) is 27.2 Å². The van der Waals surface area contributed by atoms with E-state index in [9.17, 15) is 4.79 Å². The Labute approximate surface area is 202 Å². The van der Waals surface area contributed by atoms with Gasteiger partial charge in [0.2, 0.25) is 0 Å². The lowest BCUT2D eigenvalue weighted by molar-refractivity contribution is 0.195. The molecular formula is C27H27N3OS2. The third kappa shape index (κ3) is 3.62. The maximum atomic E-state index is 13.9. The van der Waals surface area contributed by atoms with Gasteiger partial charge in [0.1, 0.15) is 11.0 Å². The molecule has 6 heteroatoms. The first-order valence-corrected chi connectivity index (χ1v) is 13.3. The Morgan fingerprint density at radius 3 is 2.64 bits per heavy atom. The van der Waals surface area contributed by atoms with Crippen LogP contribution in [0.5, 0.6) is 0 Å². The van der Waals surface area contributed by atoms with Gasteiger partial charge in [-0.25, -0.2) is 4.79 Å². The summed E-state index contributed by atoms with van der Waals surface area (Å²) in [4.78, 5) is 18.6. The number of fused-ring (bicyclic) bond motifs is 5. The van der Waals surface area contributed by atoms with Gasteiger partial charge in [0.15, 0.2) is 0 Å². The maximum Gasteiger partial charge on any atom is 0.323 e. The van der Waals surface area contributed by atoms with Crippen LogP contribution in [-0.4, -0.2) is 15.5 Å². The van der Waals surface area contributed by atoms with E-state index in [0.717, 1.165) is 35.3 Å². The van der Waals surface area contributed by atoms with E-state index in [0.29, 0.717) is 6.54 Å². The van der Waals surface area contributed by atoms with Crippen LogP contribution < -0.4 is 5.32 Å². The third-order valence-electron chi connectivity index (χ3n) is 6.73. The van der Waals surface area contributed by atoms with Crippen molar-refractivity contribution in [2.45, 2.75) is 52.1 Å². The molecule has 0 bridgehead atoms. The highest BCUT2D eigenvalue weighted by Crippen LogP contribution is 2.44. The average molecular weight is 474 g/mol. The number of hydrogen-bond acceptors (Lipinski definition) is 3. The molecule has 168 valence electrons. The van der Waals surface area contributed by atoms with E-state index < -0.39 is 0 Å². The van der Waals surface area contributed by atoms with Crippen LogP contribution >= 0.6 is 22.7 Å². The zero-order valence-electron chi connectivity index (χ0n) is 18.9. The van der Waals surface area contributed by atoms with Gasteiger partial charge in [-0.05, 0) is 91.9 Å². The lowest BCUT2D eigenvalue weighted by Gasteiger charge is -2.30. The number of rotatable bonds is 2. The molecule has 1 unspecified atom stereocenters. The third-order valence-corrected chi connectivity index (χ3v) is 8.98. The predicted molar refractivity (Wildman–Crippen MR) is 137 cm³/mol. The van der Waals surface area contributed by atoms with Crippen LogP contribution in [0, 0.1) is 13.8 Å². The van der Waals surface area contributed by atoms with Gasteiger partial charge in [0.25, 0.3) is 0 Å². The van der Waals surface area contributed by atoms with Crippen molar-refractivity contribution in [3.63, 3.8) is 0 Å². The average Bonchev–Trinajstić information content (AvgIpc) is 3.52. The number of hydrogen-bond donors (Lipinski definition) is 1. The second-order valence-electron chi connectivity index (χ2n) is 9.15. The quantitative estimate of drug-likeness (QED) is 0.327. The summed E-state index contributed by atoms with van der Waals surface area (Å²) in [6, 6.07) is 14.6. The van der Waals surface area contributed by atoms with E-state index >= 15 is 0 Å². The van der Waals surface area contributed by atoms with Gasteiger partial charge in [-0.15, -0.1) is 22.7 Å². The lowest BCUT2D eigenvalue weighted by atomic mass is 9.95. The summed E-state index contributed by atoms with van der Waals surface area (Å²) in [7, 11) is 0. The molecule has 4 nitrogen and oxygen atoms in total. The number of aryl methyl sites for hydroxylation is 3. The molecule has 1 atom stereocenters. The van der Waals surface area contributed by atoms with Crippen molar-refractivity contribution < 1.29 is 4.79 Å². The Hall–Kier alpha value is -2.83. The van der Waals surface area contributed by atoms with Gasteiger partial charge >= 0.3 is 6.03 Å². The molecule has 4 aromatic rings. The molecule has 3 aromatic heterocycles. The monoisotopic (exact) mass is 473 g/mol. The fourth-order valence-corrected chi connectivity index (χ4v) is 7.63. The van der Waals surface area contributed by atoms with Crippen LogP contribution in [0.1, 0.15) is 56.6 Å². The minimum Gasteiger partial charge on any atom is -0.310 e. The Morgan fingerprint density at radius 2 is 1.85 bits per heavy atom. The number of anilines is 1. The molecule has 1 aliphatic heterocycles. The largest absolute Gasteiger partial charge is 0.323 e. The number of aromatic nitrogens is 1. The summed E-state index contributed by atoms with van der Waals surface area (Å²) < 4.78 is 2.34. The zero-order chi connectivity index (χ0) is 22.5. The number of nitrogens with one attached hydrogen (secondary N) is 1. The molecule has 0 spiro atoms. The molecule has 2 aliphatic rings. The topological polar surface area (TPSA) is 37.3 Å². The van der Waals surface area contributed by atoms with Crippen LogP contribution in [0.15, 0.2) is 54.0 Å². The van der Waals surface area contributed by atoms with Crippen molar-refractivity contribution in [2.75, 3.05) is 5.32 Å². The standard InChI is InChI=1S/C27H27N3OS2/c1-17-13-18(2)15-19(14-17)28-27(31)30-16-21-20-7-3-4-9-23(20)33-26(21)29-11-5-8-22(29)25(30)24-10-6-12-32-24/h5-6,8,10-15,25H,3-4,7,9,16H2,1-2H3,(H,28,31). The number of benzene rings is 1. The summed E-state index contributed by atoms with van der Waals surface area (Å²) in [5, 5.41) is 6.62. The van der Waals surface area contributed by atoms with Crippen molar-refractivity contribution in [3.8, 4) is 5.00 Å². The highest BCUT2D eigenvalue weighted by Gasteiger charge is 2.36. The lowest BCUT2D eigenvalue weighted by Crippen LogP contribution is -2.37. The minimum atomic E-state index is -0.121. The van der Waals surface area contributed by atoms with Crippen molar-refractivity contribution in [2.24, 2.45) is 0 Å². The Kier molecular flexibility index (Phi) is 5.15. The van der Waals surface area contributed by atoms with Gasteiger partial charge in [-0.2, -0.15) is 0 Å². The van der Waals surface area contributed by atoms with Crippen molar-refractivity contribution in [1.29, 1.82) is 0 Å². The Balaban J connectivity index is 1.48. The van der Waals surface area contributed by atoms with E-state index in [-0.39, 0.29) is 12.1 Å². The van der Waals surface area contributed by atoms with Crippen LogP contribution in [0.4, 0.5) is 10.5 Å². The molecule has 2 amide bonds. The summed E-state index contributed by atoms with van der Waals surface area (Å²) in [5.74, 6) is 0. The van der Waals surface area contributed by atoms with Crippen LogP contribution in [-0.2, 0) is 19.4 Å². The zero-order valence-corrected chi connectivity index (χ0v) is 20.6. The van der Waals surface area contributed by atoms with E-state index in [1.807, 2.05) is 28.4 Å². The molecule has 33 heavy (non-hydrogen) atoms. The predicted octanol–water partition coefficient (Wildman–Crippen LogP) is 7.23. The van der Waals surface area contributed by atoms with E-state index in [1.165, 1.54) is 38.7 Å². The first-order valence-electron chi connectivity index (χ1n) is 11.6. The van der Waals surface area contributed by atoms with Gasteiger partial charge in [-0.3, -0.25) is 0 Å². The van der Waals surface area contributed by atoms with Crippen LogP contribution in [0.25, 0.3) is 5.00 Å². The number of nitrogens with zero attached hydrogens (tertiary/aromatic N) is 2. The van der Waals surface area contributed by atoms with E-state index in [2.05, 4.69) is 65.6 Å². The van der Waals surface area contributed by atoms with Crippen molar-refractivity contribution >= 4 is 34.4 Å². The maximum absolute atomic E-state index is 13.9. The van der Waals surface area contributed by atoms with E-state index in [4.69, 9.17) is 0 Å². The molecule has 0 saturated carbocycles. The van der Waals surface area contributed by atoms with Crippen LogP contribution in [0.2, 0.25) is 0 Å². The summed E-state index contributed by atoms with van der Waals surface area (Å²) in [6.07, 6.45) is 6.94. The number of thiophene rings is 2. The normalized spacial score (nSPS) is 17.2. The molecule has 1 aromatic carbocycles. The highest BCUT2D eigenvalue weighted by molar-refractivity contribution is 7.15. The Bertz CT molecular complexity index is 1310. The first kappa shape index (κ1) is 20.8. The fraction of sp³-hybridized carbons (Fsp3) is 0.296.